The first-order valence-electron chi connectivity index (χ1n) is 9.52. The van der Waals surface area contributed by atoms with Gasteiger partial charge in [-0.25, -0.2) is 0 Å². The van der Waals surface area contributed by atoms with Crippen LogP contribution in [0.2, 0.25) is 5.02 Å². The number of hydrogen-bond donors (Lipinski definition) is 1. The summed E-state index contributed by atoms with van der Waals surface area (Å²) < 4.78 is 5.71. The van der Waals surface area contributed by atoms with E-state index < -0.39 is 0 Å². The van der Waals surface area contributed by atoms with Crippen molar-refractivity contribution in [3.8, 4) is 11.4 Å². The van der Waals surface area contributed by atoms with Gasteiger partial charge >= 0.3 is 0 Å². The first-order chi connectivity index (χ1) is 14.1. The maximum Gasteiger partial charge on any atom is 0.258 e. The summed E-state index contributed by atoms with van der Waals surface area (Å²) in [7, 11) is 0. The first kappa shape index (κ1) is 19.6. The van der Waals surface area contributed by atoms with E-state index in [9.17, 15) is 0 Å². The van der Waals surface area contributed by atoms with Gasteiger partial charge in [0.25, 0.3) is 5.89 Å². The fourth-order valence-electron chi connectivity index (χ4n) is 3.50. The third-order valence-corrected chi connectivity index (χ3v) is 5.53. The van der Waals surface area contributed by atoms with Crippen molar-refractivity contribution >= 4 is 34.5 Å². The van der Waals surface area contributed by atoms with Crippen LogP contribution in [0.3, 0.4) is 0 Å². The summed E-state index contributed by atoms with van der Waals surface area (Å²) in [4.78, 5) is 6.78. The van der Waals surface area contributed by atoms with Crippen molar-refractivity contribution in [3.63, 3.8) is 0 Å². The highest BCUT2D eigenvalue weighted by atomic mass is 35.5. The van der Waals surface area contributed by atoms with Crippen molar-refractivity contribution in [2.45, 2.75) is 26.3 Å². The molecule has 1 aliphatic rings. The largest absolute Gasteiger partial charge is 0.351 e. The summed E-state index contributed by atoms with van der Waals surface area (Å²) >= 11 is 11.6. The molecule has 0 amide bonds. The van der Waals surface area contributed by atoms with Crippen LogP contribution in [0.1, 0.15) is 37.8 Å². The summed E-state index contributed by atoms with van der Waals surface area (Å²) in [6.07, 6.45) is 0.975. The number of thiocarbonyl (C=S) groups is 1. The van der Waals surface area contributed by atoms with Crippen LogP contribution in [-0.4, -0.2) is 26.7 Å². The monoisotopic (exact) mass is 424 g/mol. The van der Waals surface area contributed by atoms with E-state index in [1.54, 1.807) is 0 Å². The van der Waals surface area contributed by atoms with Gasteiger partial charge in [-0.2, -0.15) is 4.98 Å². The molecule has 4 rings (SSSR count). The lowest BCUT2D eigenvalue weighted by Gasteiger charge is -2.37. The van der Waals surface area contributed by atoms with Crippen molar-refractivity contribution < 1.29 is 4.52 Å². The summed E-state index contributed by atoms with van der Waals surface area (Å²) in [6.45, 7) is 5.01. The summed E-state index contributed by atoms with van der Waals surface area (Å²) in [5.74, 6) is 1.01. The molecule has 148 valence electrons. The number of allylic oxidation sites excluding steroid dienone is 1. The minimum atomic E-state index is -0.157. The van der Waals surface area contributed by atoms with Gasteiger partial charge in [-0.3, -0.25) is 0 Å². The maximum absolute atomic E-state index is 5.99. The molecule has 1 N–H and O–H groups in total. The predicted octanol–water partition coefficient (Wildman–Crippen LogP) is 5.46. The normalized spacial score (nSPS) is 16.9. The molecule has 3 aromatic rings. The molecule has 0 radical (unpaired) electrons. The van der Waals surface area contributed by atoms with Crippen LogP contribution >= 0.6 is 23.8 Å². The second-order valence-corrected chi connectivity index (χ2v) is 7.70. The molecule has 29 heavy (non-hydrogen) atoms. The number of nitrogens with one attached hydrogen (secondary N) is 1. The van der Waals surface area contributed by atoms with Crippen LogP contribution in [0.15, 0.2) is 64.8 Å². The SMILES string of the molecule is CCCN1C(=S)NC(c2ccccc2)C(c2nc(-c3ccc(Cl)cc3)no2)=C1C. The number of benzene rings is 2. The van der Waals surface area contributed by atoms with Crippen molar-refractivity contribution in [2.24, 2.45) is 0 Å². The fourth-order valence-corrected chi connectivity index (χ4v) is 3.97. The van der Waals surface area contributed by atoms with E-state index in [0.29, 0.717) is 21.9 Å². The van der Waals surface area contributed by atoms with E-state index >= 15 is 0 Å². The zero-order valence-corrected chi connectivity index (χ0v) is 17.8. The van der Waals surface area contributed by atoms with E-state index in [-0.39, 0.29) is 6.04 Å². The molecule has 5 nitrogen and oxygen atoms in total. The number of hydrogen-bond acceptors (Lipinski definition) is 4. The van der Waals surface area contributed by atoms with E-state index in [2.05, 4.69) is 41.4 Å². The average molecular weight is 425 g/mol. The highest BCUT2D eigenvalue weighted by Gasteiger charge is 2.33. The van der Waals surface area contributed by atoms with E-state index in [4.69, 9.17) is 33.3 Å². The van der Waals surface area contributed by atoms with Crippen LogP contribution in [-0.2, 0) is 0 Å². The Bertz CT molecular complexity index is 1050. The zero-order chi connectivity index (χ0) is 20.4. The van der Waals surface area contributed by atoms with Gasteiger partial charge in [-0.15, -0.1) is 0 Å². The Morgan fingerprint density at radius 3 is 2.55 bits per heavy atom. The molecule has 7 heteroatoms. The standard InChI is InChI=1S/C22H21ClN4OS/c1-3-13-27-14(2)18(19(24-22(27)29)15-7-5-4-6-8-15)21-25-20(26-28-21)16-9-11-17(23)12-10-16/h4-12,19H,3,13H2,1-2H3,(H,24,29). The molecule has 0 fully saturated rings. The van der Waals surface area contributed by atoms with Gasteiger partial charge in [0.15, 0.2) is 5.11 Å². The fraction of sp³-hybridized carbons (Fsp3) is 0.227. The second-order valence-electron chi connectivity index (χ2n) is 6.87. The number of halogens is 1. The Hall–Kier alpha value is -2.70. The second kappa shape index (κ2) is 8.35. The quantitative estimate of drug-likeness (QED) is 0.548. The Kier molecular flexibility index (Phi) is 5.65. The number of rotatable bonds is 5. The summed E-state index contributed by atoms with van der Waals surface area (Å²) in [6, 6.07) is 17.4. The molecule has 2 heterocycles. The van der Waals surface area contributed by atoms with Gasteiger partial charge in [-0.05, 0) is 55.4 Å². The van der Waals surface area contributed by atoms with Crippen LogP contribution in [0, 0.1) is 0 Å². The predicted molar refractivity (Wildman–Crippen MR) is 119 cm³/mol. The van der Waals surface area contributed by atoms with Crippen molar-refractivity contribution in [3.05, 3.63) is 76.8 Å². The molecule has 2 aromatic carbocycles. The lowest BCUT2D eigenvalue weighted by molar-refractivity contribution is 0.396. The number of nitrogens with zero attached hydrogens (tertiary/aromatic N) is 3. The highest BCUT2D eigenvalue weighted by molar-refractivity contribution is 7.80. The van der Waals surface area contributed by atoms with Crippen molar-refractivity contribution in [1.82, 2.24) is 20.4 Å². The lowest BCUT2D eigenvalue weighted by Crippen LogP contribution is -2.46. The maximum atomic E-state index is 5.99. The molecule has 0 saturated heterocycles. The topological polar surface area (TPSA) is 54.2 Å². The van der Waals surface area contributed by atoms with E-state index in [0.717, 1.165) is 35.4 Å². The van der Waals surface area contributed by atoms with Gasteiger partial charge in [0.05, 0.1) is 11.6 Å². The lowest BCUT2D eigenvalue weighted by atomic mass is 9.95. The third-order valence-electron chi connectivity index (χ3n) is 4.94. The van der Waals surface area contributed by atoms with E-state index in [1.165, 1.54) is 0 Å². The first-order valence-corrected chi connectivity index (χ1v) is 10.3. The summed E-state index contributed by atoms with van der Waals surface area (Å²) in [5, 5.41) is 9.03. The molecule has 0 spiro atoms. The molecule has 0 aliphatic carbocycles. The minimum absolute atomic E-state index is 0.157. The Balaban J connectivity index is 1.80. The molecule has 1 aliphatic heterocycles. The molecule has 1 atom stereocenters. The van der Waals surface area contributed by atoms with Crippen molar-refractivity contribution in [1.29, 1.82) is 0 Å². The summed E-state index contributed by atoms with van der Waals surface area (Å²) in [5.41, 5.74) is 3.90. The van der Waals surface area contributed by atoms with Crippen molar-refractivity contribution in [2.75, 3.05) is 6.54 Å². The molecule has 0 bridgehead atoms. The minimum Gasteiger partial charge on any atom is -0.351 e. The van der Waals surface area contributed by atoms with Gasteiger partial charge in [0, 0.05) is 22.8 Å². The van der Waals surface area contributed by atoms with E-state index in [1.807, 2.05) is 42.5 Å². The van der Waals surface area contributed by atoms with Crippen LogP contribution in [0.25, 0.3) is 17.0 Å². The van der Waals surface area contributed by atoms with Gasteiger partial charge in [0.1, 0.15) is 0 Å². The molecule has 0 saturated carbocycles. The smallest absolute Gasteiger partial charge is 0.258 e. The third kappa shape index (κ3) is 3.91. The Morgan fingerprint density at radius 1 is 1.14 bits per heavy atom. The van der Waals surface area contributed by atoms with Gasteiger partial charge in [0.2, 0.25) is 5.82 Å². The Morgan fingerprint density at radius 2 is 1.86 bits per heavy atom. The van der Waals surface area contributed by atoms with Crippen LogP contribution in [0.5, 0.6) is 0 Å². The zero-order valence-electron chi connectivity index (χ0n) is 16.2. The van der Waals surface area contributed by atoms with Crippen LogP contribution < -0.4 is 5.32 Å². The molecular weight excluding hydrogens is 404 g/mol. The van der Waals surface area contributed by atoms with Gasteiger partial charge < -0.3 is 14.7 Å². The number of aromatic nitrogens is 2. The molecular formula is C22H21ClN4OS. The van der Waals surface area contributed by atoms with Crippen LogP contribution in [0.4, 0.5) is 0 Å². The average Bonchev–Trinajstić information content (AvgIpc) is 3.21. The molecule has 1 unspecified atom stereocenters. The van der Waals surface area contributed by atoms with Gasteiger partial charge in [-0.1, -0.05) is 54.0 Å². The Labute approximate surface area is 180 Å². The molecule has 1 aromatic heterocycles. The highest BCUT2D eigenvalue weighted by Crippen LogP contribution is 2.37.